The lowest BCUT2D eigenvalue weighted by Gasteiger charge is -2.10. The summed E-state index contributed by atoms with van der Waals surface area (Å²) in [6.45, 7) is 8.29. The third kappa shape index (κ3) is 3.86. The third-order valence-corrected chi connectivity index (χ3v) is 4.94. The van der Waals surface area contributed by atoms with Crippen molar-refractivity contribution in [2.75, 3.05) is 0 Å². The Morgan fingerprint density at radius 2 is 0.786 bits per heavy atom. The molecule has 2 aromatic carbocycles. The normalized spacial score (nSPS) is 10.9. The number of hydrogen-bond acceptors (Lipinski definition) is 2. The Morgan fingerprint density at radius 3 is 1.14 bits per heavy atom. The van der Waals surface area contributed by atoms with Gasteiger partial charge in [0.1, 0.15) is 0 Å². The molecule has 0 radical (unpaired) electrons. The molecule has 138 valence electrons. The Kier molecular flexibility index (Phi) is 4.79. The topological polar surface area (TPSA) is 25.8 Å². The number of hydrogen-bond donors (Lipinski definition) is 0. The monoisotopic (exact) mass is 364 g/mol. The van der Waals surface area contributed by atoms with Gasteiger partial charge in [-0.05, 0) is 74.2 Å². The summed E-state index contributed by atoms with van der Waals surface area (Å²) in [4.78, 5) is 9.55. The Balaban J connectivity index is 1.80. The highest BCUT2D eigenvalue weighted by Gasteiger charge is 2.09. The fourth-order valence-electron chi connectivity index (χ4n) is 3.42. The number of aromatic nitrogens is 2. The summed E-state index contributed by atoms with van der Waals surface area (Å²) in [5.41, 5.74) is 11.1. The second kappa shape index (κ2) is 7.40. The summed E-state index contributed by atoms with van der Waals surface area (Å²) in [5, 5.41) is 0. The zero-order valence-corrected chi connectivity index (χ0v) is 16.8. The number of aryl methyl sites for hydroxylation is 4. The molecule has 0 saturated heterocycles. The van der Waals surface area contributed by atoms with Gasteiger partial charge in [0.2, 0.25) is 0 Å². The summed E-state index contributed by atoms with van der Waals surface area (Å²) < 4.78 is 0. The smallest absolute Gasteiger partial charge is 0.0895 e. The highest BCUT2D eigenvalue weighted by molar-refractivity contribution is 5.73. The molecule has 2 heterocycles. The van der Waals surface area contributed by atoms with Crippen molar-refractivity contribution in [3.8, 4) is 33.6 Å². The van der Waals surface area contributed by atoms with Gasteiger partial charge in [0.15, 0.2) is 0 Å². The van der Waals surface area contributed by atoms with E-state index in [4.69, 9.17) is 9.97 Å². The molecule has 0 amide bonds. The summed E-state index contributed by atoms with van der Waals surface area (Å²) in [6.07, 6.45) is 0. The standard InChI is InChI=1S/C26H24N2/c1-17-5-9-21(10-6-17)23-13-19(3)27-25(15-23)26-16-24(14-20(4)28-26)22-11-7-18(2)8-12-22/h5-16H,1-4H3. The van der Waals surface area contributed by atoms with Crippen molar-refractivity contribution >= 4 is 0 Å². The SMILES string of the molecule is Cc1ccc(-c2cc(C)nc(-c3cc(-c4ccc(C)cc4)cc(C)n3)c2)cc1. The average Bonchev–Trinajstić information content (AvgIpc) is 2.68. The van der Waals surface area contributed by atoms with Crippen molar-refractivity contribution in [3.63, 3.8) is 0 Å². The highest BCUT2D eigenvalue weighted by Crippen LogP contribution is 2.29. The zero-order valence-electron chi connectivity index (χ0n) is 16.8. The van der Waals surface area contributed by atoms with Crippen molar-refractivity contribution in [1.29, 1.82) is 0 Å². The molecule has 2 heteroatoms. The van der Waals surface area contributed by atoms with Crippen molar-refractivity contribution in [2.45, 2.75) is 27.7 Å². The van der Waals surface area contributed by atoms with Gasteiger partial charge in [0, 0.05) is 11.4 Å². The van der Waals surface area contributed by atoms with Crippen molar-refractivity contribution in [3.05, 3.63) is 95.3 Å². The van der Waals surface area contributed by atoms with Crippen LogP contribution in [0.25, 0.3) is 33.6 Å². The number of benzene rings is 2. The summed E-state index contributed by atoms with van der Waals surface area (Å²) in [6, 6.07) is 25.8. The van der Waals surface area contributed by atoms with E-state index in [9.17, 15) is 0 Å². The molecule has 2 nitrogen and oxygen atoms in total. The first-order valence-corrected chi connectivity index (χ1v) is 9.60. The molecule has 0 aliphatic rings. The number of nitrogens with zero attached hydrogens (tertiary/aromatic N) is 2. The van der Waals surface area contributed by atoms with E-state index in [0.29, 0.717) is 0 Å². The summed E-state index contributed by atoms with van der Waals surface area (Å²) >= 11 is 0. The molecule has 0 spiro atoms. The lowest BCUT2D eigenvalue weighted by Crippen LogP contribution is -1.95. The van der Waals surface area contributed by atoms with E-state index < -0.39 is 0 Å². The molecule has 0 aliphatic heterocycles. The minimum absolute atomic E-state index is 0.910. The van der Waals surface area contributed by atoms with Gasteiger partial charge in [0.25, 0.3) is 0 Å². The fourth-order valence-corrected chi connectivity index (χ4v) is 3.42. The first-order valence-electron chi connectivity index (χ1n) is 9.60. The minimum atomic E-state index is 0.910. The average molecular weight is 364 g/mol. The number of rotatable bonds is 3. The minimum Gasteiger partial charge on any atom is -0.251 e. The van der Waals surface area contributed by atoms with Crippen LogP contribution in [0.2, 0.25) is 0 Å². The molecule has 0 unspecified atom stereocenters. The van der Waals surface area contributed by atoms with Crippen LogP contribution < -0.4 is 0 Å². The van der Waals surface area contributed by atoms with Crippen LogP contribution in [-0.2, 0) is 0 Å². The van der Waals surface area contributed by atoms with Crippen LogP contribution in [0.15, 0.2) is 72.8 Å². The van der Waals surface area contributed by atoms with Gasteiger partial charge in [-0.3, -0.25) is 9.97 Å². The van der Waals surface area contributed by atoms with Gasteiger partial charge in [-0.2, -0.15) is 0 Å². The van der Waals surface area contributed by atoms with Crippen molar-refractivity contribution < 1.29 is 0 Å². The second-order valence-electron chi connectivity index (χ2n) is 7.50. The predicted molar refractivity (Wildman–Crippen MR) is 117 cm³/mol. The van der Waals surface area contributed by atoms with Gasteiger partial charge < -0.3 is 0 Å². The molecule has 28 heavy (non-hydrogen) atoms. The lowest BCUT2D eigenvalue weighted by molar-refractivity contribution is 1.15. The van der Waals surface area contributed by atoms with Crippen LogP contribution in [0.5, 0.6) is 0 Å². The first-order chi connectivity index (χ1) is 13.5. The quantitative estimate of drug-likeness (QED) is 0.404. The molecule has 4 rings (SSSR count). The van der Waals surface area contributed by atoms with E-state index in [1.54, 1.807) is 0 Å². The van der Waals surface area contributed by atoms with E-state index >= 15 is 0 Å². The first kappa shape index (κ1) is 18.1. The Labute approximate surface area is 167 Å². The molecule has 0 saturated carbocycles. The molecule has 0 aliphatic carbocycles. The maximum atomic E-state index is 4.77. The van der Waals surface area contributed by atoms with E-state index in [0.717, 1.165) is 22.8 Å². The van der Waals surface area contributed by atoms with Crippen LogP contribution in [0.1, 0.15) is 22.5 Å². The third-order valence-electron chi connectivity index (χ3n) is 4.94. The molecule has 0 atom stereocenters. The fraction of sp³-hybridized carbons (Fsp3) is 0.154. The van der Waals surface area contributed by atoms with Crippen LogP contribution in [0.4, 0.5) is 0 Å². The number of pyridine rings is 2. The predicted octanol–water partition coefficient (Wildman–Crippen LogP) is 6.71. The molecule has 2 aromatic heterocycles. The second-order valence-corrected chi connectivity index (χ2v) is 7.50. The summed E-state index contributed by atoms with van der Waals surface area (Å²) in [5.74, 6) is 0. The molecular weight excluding hydrogens is 340 g/mol. The Hall–Kier alpha value is -3.26. The van der Waals surface area contributed by atoms with Gasteiger partial charge in [-0.1, -0.05) is 59.7 Å². The van der Waals surface area contributed by atoms with Gasteiger partial charge in [-0.25, -0.2) is 0 Å². The van der Waals surface area contributed by atoms with Gasteiger partial charge in [-0.15, -0.1) is 0 Å². The zero-order chi connectivity index (χ0) is 19.7. The van der Waals surface area contributed by atoms with Crippen molar-refractivity contribution in [1.82, 2.24) is 9.97 Å². The van der Waals surface area contributed by atoms with Crippen LogP contribution in [-0.4, -0.2) is 9.97 Å². The maximum Gasteiger partial charge on any atom is 0.0895 e. The maximum absolute atomic E-state index is 4.77. The highest BCUT2D eigenvalue weighted by atomic mass is 14.8. The molecule has 0 bridgehead atoms. The molecule has 0 N–H and O–H groups in total. The van der Waals surface area contributed by atoms with E-state index in [1.807, 2.05) is 13.8 Å². The van der Waals surface area contributed by atoms with Gasteiger partial charge in [0.05, 0.1) is 11.4 Å². The van der Waals surface area contributed by atoms with Crippen LogP contribution in [0.3, 0.4) is 0 Å². The lowest BCUT2D eigenvalue weighted by atomic mass is 10.0. The van der Waals surface area contributed by atoms with Crippen LogP contribution in [0, 0.1) is 27.7 Å². The van der Waals surface area contributed by atoms with Crippen molar-refractivity contribution in [2.24, 2.45) is 0 Å². The van der Waals surface area contributed by atoms with E-state index in [1.165, 1.54) is 33.4 Å². The molecule has 4 aromatic rings. The van der Waals surface area contributed by atoms with E-state index in [-0.39, 0.29) is 0 Å². The van der Waals surface area contributed by atoms with Gasteiger partial charge >= 0.3 is 0 Å². The van der Waals surface area contributed by atoms with Crippen LogP contribution >= 0.6 is 0 Å². The Morgan fingerprint density at radius 1 is 0.429 bits per heavy atom. The molecule has 0 fully saturated rings. The summed E-state index contributed by atoms with van der Waals surface area (Å²) in [7, 11) is 0. The molecular formula is C26H24N2. The Bertz CT molecular complexity index is 1030. The van der Waals surface area contributed by atoms with E-state index in [2.05, 4.69) is 86.6 Å². The largest absolute Gasteiger partial charge is 0.251 e.